The van der Waals surface area contributed by atoms with E-state index in [0.29, 0.717) is 12.5 Å². The van der Waals surface area contributed by atoms with Gasteiger partial charge in [-0.25, -0.2) is 9.98 Å². The van der Waals surface area contributed by atoms with Gasteiger partial charge in [0.15, 0.2) is 5.96 Å². The van der Waals surface area contributed by atoms with Crippen LogP contribution in [0.3, 0.4) is 0 Å². The molecule has 1 atom stereocenters. The first-order valence-electron chi connectivity index (χ1n) is 10.4. The molecule has 3 rings (SSSR count). The molecule has 1 saturated heterocycles. The van der Waals surface area contributed by atoms with Crippen LogP contribution in [0.1, 0.15) is 42.3 Å². The van der Waals surface area contributed by atoms with Crippen LogP contribution in [0.2, 0.25) is 0 Å². The second-order valence-corrected chi connectivity index (χ2v) is 9.91. The largest absolute Gasteiger partial charge is 0.383 e. The highest BCUT2D eigenvalue weighted by Crippen LogP contribution is 2.25. The molecule has 0 aromatic carbocycles. The van der Waals surface area contributed by atoms with Crippen molar-refractivity contribution in [3.05, 3.63) is 38.5 Å². The molecule has 6 nitrogen and oxygen atoms in total. The van der Waals surface area contributed by atoms with Gasteiger partial charge in [-0.3, -0.25) is 4.90 Å². The highest BCUT2D eigenvalue weighted by molar-refractivity contribution is 14.0. The number of thiophene rings is 1. The van der Waals surface area contributed by atoms with E-state index in [1.54, 1.807) is 22.7 Å². The molecule has 3 N–H and O–H groups in total. The maximum absolute atomic E-state index is 10.7. The molecule has 168 valence electrons. The van der Waals surface area contributed by atoms with Gasteiger partial charge in [0.1, 0.15) is 5.60 Å². The summed E-state index contributed by atoms with van der Waals surface area (Å²) in [5, 5.41) is 22.8. The number of hydrogen-bond donors (Lipinski definition) is 3. The third-order valence-electron chi connectivity index (χ3n) is 5.26. The third kappa shape index (κ3) is 7.74. The Hall–Kier alpha value is -0.750. The van der Waals surface area contributed by atoms with Crippen LogP contribution in [0, 0.1) is 12.8 Å². The minimum atomic E-state index is -0.935. The van der Waals surface area contributed by atoms with Crippen LogP contribution in [0.15, 0.2) is 27.9 Å². The number of thiazole rings is 1. The first kappa shape index (κ1) is 25.5. The van der Waals surface area contributed by atoms with E-state index >= 15 is 0 Å². The predicted molar refractivity (Wildman–Crippen MR) is 138 cm³/mol. The van der Waals surface area contributed by atoms with Crippen molar-refractivity contribution in [1.82, 2.24) is 20.5 Å². The summed E-state index contributed by atoms with van der Waals surface area (Å²) in [7, 11) is 0. The first-order valence-corrected chi connectivity index (χ1v) is 12.1. The summed E-state index contributed by atoms with van der Waals surface area (Å²) < 4.78 is 0. The number of aliphatic imine (C=N–C) groups is 1. The molecule has 2 aromatic heterocycles. The van der Waals surface area contributed by atoms with Gasteiger partial charge in [0.05, 0.1) is 17.2 Å². The standard InChI is InChI=1S/C21H33N5OS2.HI/c1-4-22-20(24-15-21(3,27)19-6-5-11-28-19)23-12-17-7-9-26(10-8-17)13-18-14-29-16(2)25-18;/h5-6,11,14,17,27H,4,7-10,12-13,15H2,1-3H3,(H2,22,23,24);1H. The Morgan fingerprint density at radius 1 is 1.33 bits per heavy atom. The van der Waals surface area contributed by atoms with Crippen LogP contribution in [0.25, 0.3) is 0 Å². The molecule has 0 radical (unpaired) electrons. The Morgan fingerprint density at radius 2 is 2.10 bits per heavy atom. The quantitative estimate of drug-likeness (QED) is 0.259. The number of nitrogens with one attached hydrogen (secondary N) is 2. The van der Waals surface area contributed by atoms with E-state index in [9.17, 15) is 5.11 Å². The lowest BCUT2D eigenvalue weighted by molar-refractivity contribution is 0.0711. The fourth-order valence-electron chi connectivity index (χ4n) is 3.54. The summed E-state index contributed by atoms with van der Waals surface area (Å²) in [5.41, 5.74) is 0.263. The van der Waals surface area contributed by atoms with Gasteiger partial charge < -0.3 is 15.7 Å². The number of aliphatic hydroxyl groups is 1. The summed E-state index contributed by atoms with van der Waals surface area (Å²) in [4.78, 5) is 12.7. The minimum Gasteiger partial charge on any atom is -0.383 e. The normalized spacial score (nSPS) is 17.9. The molecule has 0 amide bonds. The van der Waals surface area contributed by atoms with Crippen molar-refractivity contribution in [1.29, 1.82) is 0 Å². The molecular weight excluding hydrogens is 529 g/mol. The Morgan fingerprint density at radius 3 is 2.70 bits per heavy atom. The van der Waals surface area contributed by atoms with E-state index in [0.717, 1.165) is 48.6 Å². The van der Waals surface area contributed by atoms with E-state index < -0.39 is 5.60 Å². The topological polar surface area (TPSA) is 72.8 Å². The molecule has 0 spiro atoms. The number of aromatic nitrogens is 1. The Labute approximate surface area is 205 Å². The van der Waals surface area contributed by atoms with Crippen molar-refractivity contribution in [2.45, 2.75) is 45.8 Å². The molecule has 30 heavy (non-hydrogen) atoms. The molecule has 0 saturated carbocycles. The van der Waals surface area contributed by atoms with Crippen LogP contribution in [0.5, 0.6) is 0 Å². The van der Waals surface area contributed by atoms with Gasteiger partial charge in [0.25, 0.3) is 0 Å². The lowest BCUT2D eigenvalue weighted by Gasteiger charge is -2.31. The van der Waals surface area contributed by atoms with Crippen molar-refractivity contribution < 1.29 is 5.11 Å². The summed E-state index contributed by atoms with van der Waals surface area (Å²) in [5.74, 6) is 1.43. The SMILES string of the molecule is CCNC(=NCC(C)(O)c1cccs1)NCC1CCN(Cc2csc(C)n2)CC1.I. The molecule has 1 fully saturated rings. The molecular formula is C21H34IN5OS2. The fourth-order valence-corrected chi connectivity index (χ4v) is 4.92. The van der Waals surface area contributed by atoms with Crippen LogP contribution in [0.4, 0.5) is 0 Å². The van der Waals surface area contributed by atoms with E-state index in [1.165, 1.54) is 18.5 Å². The highest BCUT2D eigenvalue weighted by Gasteiger charge is 2.24. The maximum atomic E-state index is 10.7. The molecule has 0 aliphatic carbocycles. The van der Waals surface area contributed by atoms with E-state index in [4.69, 9.17) is 0 Å². The third-order valence-corrected chi connectivity index (χ3v) is 7.20. The molecule has 1 aliphatic rings. The van der Waals surface area contributed by atoms with Crippen molar-refractivity contribution >= 4 is 52.6 Å². The van der Waals surface area contributed by atoms with Gasteiger partial charge >= 0.3 is 0 Å². The Bertz CT molecular complexity index is 770. The van der Waals surface area contributed by atoms with E-state index in [-0.39, 0.29) is 24.0 Å². The Balaban J connectivity index is 0.00000320. The zero-order valence-corrected chi connectivity index (χ0v) is 22.0. The number of halogens is 1. The molecule has 2 aromatic rings. The van der Waals surface area contributed by atoms with Crippen molar-refractivity contribution in [2.24, 2.45) is 10.9 Å². The number of aryl methyl sites for hydroxylation is 1. The monoisotopic (exact) mass is 563 g/mol. The number of piperidine rings is 1. The Kier molecular flexibility index (Phi) is 10.5. The van der Waals surface area contributed by atoms with Gasteiger partial charge in [-0.05, 0) is 64.1 Å². The second-order valence-electron chi connectivity index (χ2n) is 7.90. The number of rotatable bonds is 8. The van der Waals surface area contributed by atoms with E-state index in [2.05, 4.69) is 44.7 Å². The van der Waals surface area contributed by atoms with Crippen molar-refractivity contribution in [3.63, 3.8) is 0 Å². The van der Waals surface area contributed by atoms with Crippen molar-refractivity contribution in [3.8, 4) is 0 Å². The van der Waals surface area contributed by atoms with Gasteiger partial charge in [-0.2, -0.15) is 0 Å². The van der Waals surface area contributed by atoms with Crippen LogP contribution in [-0.4, -0.2) is 53.7 Å². The fraction of sp³-hybridized carbons (Fsp3) is 0.619. The highest BCUT2D eigenvalue weighted by atomic mass is 127. The van der Waals surface area contributed by atoms with Crippen LogP contribution in [-0.2, 0) is 12.1 Å². The minimum absolute atomic E-state index is 0. The number of nitrogens with zero attached hydrogens (tertiary/aromatic N) is 3. The molecule has 1 aliphatic heterocycles. The lowest BCUT2D eigenvalue weighted by Crippen LogP contribution is -2.43. The summed E-state index contributed by atoms with van der Waals surface area (Å²) in [6.07, 6.45) is 2.37. The lowest BCUT2D eigenvalue weighted by atomic mass is 9.97. The summed E-state index contributed by atoms with van der Waals surface area (Å²) >= 11 is 3.29. The van der Waals surface area contributed by atoms with Gasteiger partial charge in [0, 0.05) is 29.9 Å². The molecule has 3 heterocycles. The zero-order valence-electron chi connectivity index (χ0n) is 18.1. The summed E-state index contributed by atoms with van der Waals surface area (Å²) in [6.45, 7) is 11.2. The van der Waals surface area contributed by atoms with Gasteiger partial charge in [0.2, 0.25) is 0 Å². The van der Waals surface area contributed by atoms with Crippen molar-refractivity contribution in [2.75, 3.05) is 32.7 Å². The van der Waals surface area contributed by atoms with Crippen LogP contribution >= 0.6 is 46.7 Å². The molecule has 1 unspecified atom stereocenters. The maximum Gasteiger partial charge on any atom is 0.191 e. The summed E-state index contributed by atoms with van der Waals surface area (Å²) in [6, 6.07) is 3.92. The number of likely N-dealkylation sites (tertiary alicyclic amines) is 1. The average molecular weight is 564 g/mol. The molecule has 9 heteroatoms. The first-order chi connectivity index (χ1) is 14.0. The predicted octanol–water partition coefficient (Wildman–Crippen LogP) is 3.81. The van der Waals surface area contributed by atoms with Crippen LogP contribution < -0.4 is 10.6 Å². The smallest absolute Gasteiger partial charge is 0.191 e. The number of guanidine groups is 1. The molecule has 0 bridgehead atoms. The van der Waals surface area contributed by atoms with Gasteiger partial charge in [-0.15, -0.1) is 46.7 Å². The number of hydrogen-bond acceptors (Lipinski definition) is 6. The zero-order chi connectivity index (χ0) is 20.7. The van der Waals surface area contributed by atoms with E-state index in [1.807, 2.05) is 24.4 Å². The average Bonchev–Trinajstić information content (AvgIpc) is 3.38. The second kappa shape index (κ2) is 12.3. The van der Waals surface area contributed by atoms with Gasteiger partial charge in [-0.1, -0.05) is 6.07 Å².